The third kappa shape index (κ3) is 5.96. The van der Waals surface area contributed by atoms with Crippen LogP contribution in [0, 0.1) is 0 Å². The van der Waals surface area contributed by atoms with Gasteiger partial charge < -0.3 is 25.2 Å². The van der Waals surface area contributed by atoms with Crippen LogP contribution in [0.3, 0.4) is 0 Å². The van der Waals surface area contributed by atoms with E-state index in [9.17, 15) is 14.7 Å². The van der Waals surface area contributed by atoms with Crippen LogP contribution in [0.4, 0.5) is 5.69 Å². The van der Waals surface area contributed by atoms with Crippen molar-refractivity contribution in [3.05, 3.63) is 53.6 Å². The maximum Gasteiger partial charge on any atom is 0.249 e. The van der Waals surface area contributed by atoms with Gasteiger partial charge in [0.15, 0.2) is 11.5 Å². The predicted molar refractivity (Wildman–Crippen MR) is 109 cm³/mol. The number of hydrogen-bond acceptors (Lipinski definition) is 5. The van der Waals surface area contributed by atoms with Crippen LogP contribution in [0.1, 0.15) is 37.3 Å². The van der Waals surface area contributed by atoms with Gasteiger partial charge in [-0.3, -0.25) is 9.59 Å². The molecule has 2 amide bonds. The summed E-state index contributed by atoms with van der Waals surface area (Å²) in [6.45, 7) is 2.54. The Morgan fingerprint density at radius 3 is 2.55 bits per heavy atom. The first kappa shape index (κ1) is 20.7. The standard InChI is InChI=1S/C22H26N2O5/c1-2-3-4-15-5-8-17(9-6-15)24-21(26)12-18(25)22(27)23-13-16-7-10-19-20(11-16)29-14-28-19/h5-11,18,25H,2-4,12-14H2,1H3,(H,23,27)(H,24,26). The predicted octanol–water partition coefficient (Wildman–Crippen LogP) is 2.76. The smallest absolute Gasteiger partial charge is 0.249 e. The molecule has 154 valence electrons. The normalized spacial score (nSPS) is 13.0. The average molecular weight is 398 g/mol. The maximum atomic E-state index is 12.1. The molecule has 1 heterocycles. The van der Waals surface area contributed by atoms with Gasteiger partial charge in [-0.25, -0.2) is 0 Å². The molecule has 0 aliphatic carbocycles. The maximum absolute atomic E-state index is 12.1. The Labute approximate surface area is 170 Å². The van der Waals surface area contributed by atoms with Gasteiger partial charge in [0.05, 0.1) is 6.42 Å². The summed E-state index contributed by atoms with van der Waals surface area (Å²) in [5.41, 5.74) is 2.67. The molecular weight excluding hydrogens is 372 g/mol. The Bertz CT molecular complexity index is 851. The molecule has 1 aliphatic heterocycles. The number of aliphatic hydroxyl groups is 1. The zero-order valence-electron chi connectivity index (χ0n) is 16.4. The van der Waals surface area contributed by atoms with E-state index in [2.05, 4.69) is 17.6 Å². The van der Waals surface area contributed by atoms with Crippen LogP contribution in [0.25, 0.3) is 0 Å². The fourth-order valence-corrected chi connectivity index (χ4v) is 2.97. The third-order valence-corrected chi connectivity index (χ3v) is 4.64. The van der Waals surface area contributed by atoms with Crippen LogP contribution in [0.5, 0.6) is 11.5 Å². The van der Waals surface area contributed by atoms with E-state index in [-0.39, 0.29) is 19.8 Å². The van der Waals surface area contributed by atoms with Gasteiger partial charge in [-0.05, 0) is 48.2 Å². The minimum absolute atomic E-state index is 0.181. The average Bonchev–Trinajstić information content (AvgIpc) is 3.19. The lowest BCUT2D eigenvalue weighted by molar-refractivity contribution is -0.133. The lowest BCUT2D eigenvalue weighted by Crippen LogP contribution is -2.36. The second-order valence-corrected chi connectivity index (χ2v) is 6.97. The molecule has 3 N–H and O–H groups in total. The number of hydrogen-bond donors (Lipinski definition) is 3. The Morgan fingerprint density at radius 1 is 1.07 bits per heavy atom. The zero-order chi connectivity index (χ0) is 20.6. The van der Waals surface area contributed by atoms with Crippen molar-refractivity contribution in [3.63, 3.8) is 0 Å². The van der Waals surface area contributed by atoms with Crippen LogP contribution in [-0.4, -0.2) is 29.8 Å². The van der Waals surface area contributed by atoms with E-state index in [4.69, 9.17) is 9.47 Å². The monoisotopic (exact) mass is 398 g/mol. The molecule has 1 atom stereocenters. The van der Waals surface area contributed by atoms with E-state index in [1.54, 1.807) is 18.2 Å². The lowest BCUT2D eigenvalue weighted by Gasteiger charge is -2.12. The van der Waals surface area contributed by atoms with Crippen LogP contribution in [-0.2, 0) is 22.6 Å². The third-order valence-electron chi connectivity index (χ3n) is 4.64. The molecule has 0 radical (unpaired) electrons. The van der Waals surface area contributed by atoms with E-state index >= 15 is 0 Å². The highest BCUT2D eigenvalue weighted by Gasteiger charge is 2.19. The van der Waals surface area contributed by atoms with Crippen LogP contribution >= 0.6 is 0 Å². The summed E-state index contributed by atoms with van der Waals surface area (Å²) in [6.07, 6.45) is 1.53. The lowest BCUT2D eigenvalue weighted by atomic mass is 10.1. The highest BCUT2D eigenvalue weighted by molar-refractivity contribution is 5.94. The molecule has 1 unspecified atom stereocenters. The number of aliphatic hydroxyl groups excluding tert-OH is 1. The first-order valence-corrected chi connectivity index (χ1v) is 9.78. The molecule has 0 aromatic heterocycles. The molecule has 29 heavy (non-hydrogen) atoms. The van der Waals surface area contributed by atoms with Gasteiger partial charge in [0, 0.05) is 12.2 Å². The molecule has 2 aromatic rings. The number of aryl methyl sites for hydroxylation is 1. The summed E-state index contributed by atoms with van der Waals surface area (Å²) in [6, 6.07) is 12.9. The molecule has 0 saturated carbocycles. The number of anilines is 1. The van der Waals surface area contributed by atoms with Crippen molar-refractivity contribution in [1.29, 1.82) is 0 Å². The van der Waals surface area contributed by atoms with Crippen molar-refractivity contribution in [2.24, 2.45) is 0 Å². The van der Waals surface area contributed by atoms with Gasteiger partial charge in [-0.1, -0.05) is 31.5 Å². The Balaban J connectivity index is 1.43. The van der Waals surface area contributed by atoms with Gasteiger partial charge >= 0.3 is 0 Å². The highest BCUT2D eigenvalue weighted by Crippen LogP contribution is 2.32. The molecule has 7 nitrogen and oxygen atoms in total. The number of carbonyl (C=O) groups excluding carboxylic acids is 2. The molecule has 0 spiro atoms. The fourth-order valence-electron chi connectivity index (χ4n) is 2.97. The molecule has 2 aromatic carbocycles. The summed E-state index contributed by atoms with van der Waals surface area (Å²) >= 11 is 0. The van der Waals surface area contributed by atoms with Crippen LogP contribution < -0.4 is 20.1 Å². The van der Waals surface area contributed by atoms with Crippen LogP contribution in [0.2, 0.25) is 0 Å². The number of nitrogens with one attached hydrogen (secondary N) is 2. The number of carbonyl (C=O) groups is 2. The van der Waals surface area contributed by atoms with E-state index in [1.165, 1.54) is 5.56 Å². The highest BCUT2D eigenvalue weighted by atomic mass is 16.7. The number of benzene rings is 2. The second-order valence-electron chi connectivity index (χ2n) is 6.97. The molecule has 1 aliphatic rings. The van der Waals surface area contributed by atoms with Gasteiger partial charge in [0.1, 0.15) is 6.10 Å². The largest absolute Gasteiger partial charge is 0.454 e. The van der Waals surface area contributed by atoms with Crippen molar-refractivity contribution >= 4 is 17.5 Å². The van der Waals surface area contributed by atoms with Crippen LogP contribution in [0.15, 0.2) is 42.5 Å². The first-order valence-electron chi connectivity index (χ1n) is 9.78. The number of rotatable bonds is 9. The molecule has 0 fully saturated rings. The minimum atomic E-state index is -1.42. The number of fused-ring (bicyclic) bond motifs is 1. The Morgan fingerprint density at radius 2 is 1.79 bits per heavy atom. The zero-order valence-corrected chi connectivity index (χ0v) is 16.4. The minimum Gasteiger partial charge on any atom is -0.454 e. The van der Waals surface area contributed by atoms with E-state index in [0.717, 1.165) is 24.8 Å². The summed E-state index contributed by atoms with van der Waals surface area (Å²) in [5, 5.41) is 15.3. The summed E-state index contributed by atoms with van der Waals surface area (Å²) in [4.78, 5) is 24.2. The van der Waals surface area contributed by atoms with E-state index in [1.807, 2.05) is 24.3 Å². The topological polar surface area (TPSA) is 96.9 Å². The van der Waals surface area contributed by atoms with Crippen molar-refractivity contribution < 1.29 is 24.2 Å². The quantitative estimate of drug-likeness (QED) is 0.604. The first-order chi connectivity index (χ1) is 14.0. The molecule has 3 rings (SSSR count). The van der Waals surface area contributed by atoms with Crippen molar-refractivity contribution in [2.75, 3.05) is 12.1 Å². The van der Waals surface area contributed by atoms with Gasteiger partial charge in [-0.15, -0.1) is 0 Å². The number of ether oxygens (including phenoxy) is 2. The Hall–Kier alpha value is -3.06. The van der Waals surface area contributed by atoms with Crippen molar-refractivity contribution in [1.82, 2.24) is 5.32 Å². The molecule has 7 heteroatoms. The molecular formula is C22H26N2O5. The van der Waals surface area contributed by atoms with Gasteiger partial charge in [-0.2, -0.15) is 0 Å². The molecule has 0 bridgehead atoms. The SMILES string of the molecule is CCCCc1ccc(NC(=O)CC(O)C(=O)NCc2ccc3c(c2)OCO3)cc1. The summed E-state index contributed by atoms with van der Waals surface area (Å²) in [5.74, 6) is 0.261. The van der Waals surface area contributed by atoms with E-state index in [0.29, 0.717) is 17.2 Å². The number of amides is 2. The summed E-state index contributed by atoms with van der Waals surface area (Å²) in [7, 11) is 0. The van der Waals surface area contributed by atoms with Gasteiger partial charge in [0.2, 0.25) is 18.6 Å². The van der Waals surface area contributed by atoms with Crippen molar-refractivity contribution in [2.45, 2.75) is 45.3 Å². The van der Waals surface area contributed by atoms with Crippen molar-refractivity contribution in [3.8, 4) is 11.5 Å². The van der Waals surface area contributed by atoms with Gasteiger partial charge in [0.25, 0.3) is 0 Å². The Kier molecular flexibility index (Phi) is 7.08. The molecule has 0 saturated heterocycles. The fraction of sp³-hybridized carbons (Fsp3) is 0.364. The second kappa shape index (κ2) is 9.93. The van der Waals surface area contributed by atoms with E-state index < -0.39 is 17.9 Å². The number of unbranched alkanes of at least 4 members (excludes halogenated alkanes) is 1. The summed E-state index contributed by atoms with van der Waals surface area (Å²) < 4.78 is 10.5.